The summed E-state index contributed by atoms with van der Waals surface area (Å²) >= 11 is 0. The van der Waals surface area contributed by atoms with Gasteiger partial charge in [-0.25, -0.2) is 0 Å². The Morgan fingerprint density at radius 3 is 1.64 bits per heavy atom. The first-order valence-corrected chi connectivity index (χ1v) is 20.5. The van der Waals surface area contributed by atoms with Gasteiger partial charge in [0.05, 0.1) is 40.3 Å². The van der Waals surface area contributed by atoms with E-state index in [0.717, 1.165) is 64.2 Å². The van der Waals surface area contributed by atoms with E-state index in [-0.39, 0.29) is 55.5 Å². The van der Waals surface area contributed by atoms with Crippen LogP contribution in [0, 0.1) is 0 Å². The molecule has 0 saturated carbocycles. The van der Waals surface area contributed by atoms with Crippen LogP contribution in [0.4, 0.5) is 0 Å². The van der Waals surface area contributed by atoms with Crippen LogP contribution in [0.15, 0.2) is 72.9 Å². The lowest BCUT2D eigenvalue weighted by atomic mass is 10.1. The zero-order valence-corrected chi connectivity index (χ0v) is 34.2. The third-order valence-electron chi connectivity index (χ3n) is 8.59. The first-order valence-electron chi connectivity index (χ1n) is 20.5. The summed E-state index contributed by atoms with van der Waals surface area (Å²) in [6.45, 7) is 4.42. The van der Waals surface area contributed by atoms with Crippen LogP contribution >= 0.6 is 0 Å². The second-order valence-electron chi connectivity index (χ2n) is 14.5. The number of esters is 2. The van der Waals surface area contributed by atoms with Crippen molar-refractivity contribution in [1.29, 1.82) is 0 Å². The molecule has 302 valence electrons. The summed E-state index contributed by atoms with van der Waals surface area (Å²) in [6.07, 6.45) is 43.7. The predicted octanol–water partition coefficient (Wildman–Crippen LogP) is 9.46. The Hall–Kier alpha value is -3.23. The molecular formula is C45H75NO7. The van der Waals surface area contributed by atoms with Crippen molar-refractivity contribution in [3.63, 3.8) is 0 Å². The molecular weight excluding hydrogens is 666 g/mol. The van der Waals surface area contributed by atoms with Crippen molar-refractivity contribution in [3.8, 4) is 0 Å². The number of allylic oxidation sites excluding steroid dienone is 12. The molecule has 8 nitrogen and oxygen atoms in total. The Morgan fingerprint density at radius 2 is 1.09 bits per heavy atom. The number of hydrogen-bond donors (Lipinski definition) is 0. The zero-order chi connectivity index (χ0) is 39.3. The fourth-order valence-electron chi connectivity index (χ4n) is 5.41. The molecule has 0 fully saturated rings. The number of unbranched alkanes of at least 4 members (excludes halogenated alkanes) is 9. The van der Waals surface area contributed by atoms with E-state index < -0.39 is 18.1 Å². The SMILES string of the molecule is CC/C=C/C/C=C/C/C=C/C/C=C/C/C=C/CCC(=O)OCC(COCCC(C(=O)[O-])[N+](C)(C)C)OC(=O)CCCCC/C=C/CCCCCCCC. The summed E-state index contributed by atoms with van der Waals surface area (Å²) in [6, 6.07) is -0.741. The van der Waals surface area contributed by atoms with Gasteiger partial charge in [-0.1, -0.05) is 125 Å². The number of likely N-dealkylation sites (N-methyl/N-ethyl adjacent to an activating group) is 1. The highest BCUT2D eigenvalue weighted by Gasteiger charge is 2.25. The van der Waals surface area contributed by atoms with Crippen LogP contribution in [0.5, 0.6) is 0 Å². The van der Waals surface area contributed by atoms with Gasteiger partial charge in [0.2, 0.25) is 0 Å². The van der Waals surface area contributed by atoms with Gasteiger partial charge in [0.15, 0.2) is 6.10 Å². The van der Waals surface area contributed by atoms with Gasteiger partial charge in [0.25, 0.3) is 0 Å². The maximum atomic E-state index is 12.7. The quantitative estimate of drug-likeness (QED) is 0.0276. The molecule has 0 heterocycles. The van der Waals surface area contributed by atoms with Gasteiger partial charge < -0.3 is 28.6 Å². The smallest absolute Gasteiger partial charge is 0.306 e. The van der Waals surface area contributed by atoms with Gasteiger partial charge in [-0.15, -0.1) is 0 Å². The summed E-state index contributed by atoms with van der Waals surface area (Å²) in [5.41, 5.74) is 0. The maximum Gasteiger partial charge on any atom is 0.306 e. The molecule has 0 radical (unpaired) electrons. The van der Waals surface area contributed by atoms with Crippen LogP contribution in [-0.4, -0.2) is 75.5 Å². The zero-order valence-electron chi connectivity index (χ0n) is 34.2. The first-order chi connectivity index (χ1) is 25.6. The van der Waals surface area contributed by atoms with E-state index in [9.17, 15) is 19.5 Å². The van der Waals surface area contributed by atoms with Crippen molar-refractivity contribution < 1.29 is 38.2 Å². The minimum absolute atomic E-state index is 0.00804. The minimum Gasteiger partial charge on any atom is -0.544 e. The second-order valence-corrected chi connectivity index (χ2v) is 14.5. The summed E-state index contributed by atoms with van der Waals surface area (Å²) in [5.74, 6) is -1.87. The Morgan fingerprint density at radius 1 is 0.585 bits per heavy atom. The van der Waals surface area contributed by atoms with E-state index in [1.807, 2.05) is 12.2 Å². The van der Waals surface area contributed by atoms with Gasteiger partial charge in [-0.05, 0) is 70.6 Å². The van der Waals surface area contributed by atoms with Gasteiger partial charge >= 0.3 is 11.9 Å². The lowest BCUT2D eigenvalue weighted by molar-refractivity contribution is -0.889. The Bertz CT molecular complexity index is 1100. The third kappa shape index (κ3) is 34.3. The largest absolute Gasteiger partial charge is 0.544 e. The van der Waals surface area contributed by atoms with Crippen LogP contribution in [0.2, 0.25) is 0 Å². The average molecular weight is 742 g/mol. The topological polar surface area (TPSA) is 102 Å². The fraction of sp³-hybridized carbons (Fsp3) is 0.667. The molecule has 0 saturated heterocycles. The van der Waals surface area contributed by atoms with E-state index in [1.54, 1.807) is 21.1 Å². The number of nitrogens with zero attached hydrogens (tertiary/aromatic N) is 1. The number of carbonyl (C=O) groups is 3. The van der Waals surface area contributed by atoms with Crippen molar-refractivity contribution in [1.82, 2.24) is 0 Å². The molecule has 0 aromatic rings. The summed E-state index contributed by atoms with van der Waals surface area (Å²) in [5, 5.41) is 11.6. The molecule has 2 unspecified atom stereocenters. The number of hydrogen-bond acceptors (Lipinski definition) is 7. The average Bonchev–Trinajstić information content (AvgIpc) is 3.11. The van der Waals surface area contributed by atoms with Gasteiger partial charge in [-0.3, -0.25) is 9.59 Å². The Labute approximate surface area is 323 Å². The highest BCUT2D eigenvalue weighted by atomic mass is 16.6. The molecule has 0 amide bonds. The van der Waals surface area contributed by atoms with E-state index in [1.165, 1.54) is 38.5 Å². The van der Waals surface area contributed by atoms with Crippen LogP contribution in [0.3, 0.4) is 0 Å². The highest BCUT2D eigenvalue weighted by Crippen LogP contribution is 2.11. The number of quaternary nitrogens is 1. The highest BCUT2D eigenvalue weighted by molar-refractivity contribution is 5.70. The predicted molar refractivity (Wildman–Crippen MR) is 217 cm³/mol. The van der Waals surface area contributed by atoms with Crippen molar-refractivity contribution in [3.05, 3.63) is 72.9 Å². The van der Waals surface area contributed by atoms with E-state index in [0.29, 0.717) is 6.42 Å². The van der Waals surface area contributed by atoms with Crippen molar-refractivity contribution in [2.75, 3.05) is 41.0 Å². The van der Waals surface area contributed by atoms with E-state index in [2.05, 4.69) is 74.6 Å². The third-order valence-corrected chi connectivity index (χ3v) is 8.59. The number of carbonyl (C=O) groups excluding carboxylic acids is 3. The Kier molecular flexibility index (Phi) is 33.6. The van der Waals surface area contributed by atoms with Crippen molar-refractivity contribution >= 4 is 17.9 Å². The van der Waals surface area contributed by atoms with E-state index in [4.69, 9.17) is 14.2 Å². The molecule has 0 bridgehead atoms. The van der Waals surface area contributed by atoms with Gasteiger partial charge in [-0.2, -0.15) is 0 Å². The standard InChI is InChI=1S/C45H75NO7/c1-6-8-10-12-14-16-18-20-21-22-24-25-27-29-31-33-35-43(47)52-40-41(39-51-38-37-42(45(49)50)46(3,4)5)53-44(48)36-34-32-30-28-26-23-19-17-15-13-11-9-7-2/h8,10,14,16,20-21,23-26,29,31,41-42H,6-7,9,11-13,15,17-19,22,27-28,30,32-40H2,1-5H3/b10-8+,16-14+,21-20+,25-24+,26-23+,31-29+. The molecule has 0 aliphatic rings. The molecule has 53 heavy (non-hydrogen) atoms. The molecule has 0 aromatic carbocycles. The van der Waals surface area contributed by atoms with Crippen LogP contribution in [0.25, 0.3) is 0 Å². The molecule has 0 aliphatic carbocycles. The maximum absolute atomic E-state index is 12.7. The molecule has 0 rings (SSSR count). The van der Waals surface area contributed by atoms with Crippen molar-refractivity contribution in [2.24, 2.45) is 0 Å². The summed E-state index contributed by atoms with van der Waals surface area (Å²) in [7, 11) is 5.37. The molecule has 2 atom stereocenters. The van der Waals surface area contributed by atoms with Crippen molar-refractivity contribution in [2.45, 2.75) is 154 Å². The Balaban J connectivity index is 4.54. The van der Waals surface area contributed by atoms with Crippen LogP contribution < -0.4 is 5.11 Å². The molecule has 8 heteroatoms. The number of ether oxygens (including phenoxy) is 3. The molecule has 0 aromatic heterocycles. The lowest BCUT2D eigenvalue weighted by Crippen LogP contribution is -2.55. The normalized spacial score (nSPS) is 13.8. The summed E-state index contributed by atoms with van der Waals surface area (Å²) in [4.78, 5) is 36.7. The lowest BCUT2D eigenvalue weighted by Gasteiger charge is -2.34. The molecule has 0 spiro atoms. The van der Waals surface area contributed by atoms with E-state index >= 15 is 0 Å². The van der Waals surface area contributed by atoms with Crippen LogP contribution in [0.1, 0.15) is 142 Å². The van der Waals surface area contributed by atoms with Gasteiger partial charge in [0, 0.05) is 19.3 Å². The number of aliphatic carboxylic acids is 1. The second kappa shape index (κ2) is 35.8. The minimum atomic E-state index is -1.14. The summed E-state index contributed by atoms with van der Waals surface area (Å²) < 4.78 is 17.0. The number of rotatable bonds is 35. The first kappa shape index (κ1) is 49.8. The number of carboxylic acids is 1. The number of carboxylic acid groups (broad SMARTS) is 1. The fourth-order valence-corrected chi connectivity index (χ4v) is 5.41. The molecule has 0 aliphatic heterocycles. The van der Waals surface area contributed by atoms with Crippen LogP contribution in [-0.2, 0) is 28.6 Å². The van der Waals surface area contributed by atoms with Gasteiger partial charge in [0.1, 0.15) is 12.6 Å². The monoisotopic (exact) mass is 742 g/mol. The molecule has 0 N–H and O–H groups in total.